The number of nitrogens with two attached hydrogens (primary N) is 1. The largest absolute Gasteiger partial charge is 0.271 e. The number of thiazole rings is 1. The molecule has 0 aromatic carbocycles. The first-order valence-electron chi connectivity index (χ1n) is 5.65. The first-order chi connectivity index (χ1) is 7.31. The van der Waals surface area contributed by atoms with Crippen LogP contribution in [-0.2, 0) is 0 Å². The first kappa shape index (κ1) is 11.0. The Bertz CT molecular complexity index is 278. The van der Waals surface area contributed by atoms with Gasteiger partial charge in [-0.25, -0.2) is 4.98 Å². The average Bonchev–Trinajstić information content (AvgIpc) is 2.75. The predicted octanol–water partition coefficient (Wildman–Crippen LogP) is 2.47. The molecule has 0 bridgehead atoms. The van der Waals surface area contributed by atoms with Crippen LogP contribution in [0.2, 0.25) is 0 Å². The van der Waals surface area contributed by atoms with Crippen LogP contribution in [0.1, 0.15) is 44.3 Å². The molecule has 0 saturated heterocycles. The van der Waals surface area contributed by atoms with Crippen LogP contribution in [0.5, 0.6) is 0 Å². The number of aromatic nitrogens is 1. The molecule has 15 heavy (non-hydrogen) atoms. The van der Waals surface area contributed by atoms with Gasteiger partial charge in [-0.15, -0.1) is 11.3 Å². The molecule has 3 nitrogen and oxygen atoms in total. The smallest absolute Gasteiger partial charge is 0.0795 e. The van der Waals surface area contributed by atoms with Crippen LogP contribution in [0.4, 0.5) is 0 Å². The maximum absolute atomic E-state index is 5.64. The third kappa shape index (κ3) is 2.56. The van der Waals surface area contributed by atoms with Gasteiger partial charge in [0.2, 0.25) is 0 Å². The molecule has 1 aliphatic carbocycles. The molecule has 1 aliphatic rings. The van der Waals surface area contributed by atoms with Crippen LogP contribution in [-0.4, -0.2) is 4.98 Å². The summed E-state index contributed by atoms with van der Waals surface area (Å²) >= 11 is 1.64. The molecule has 3 N–H and O–H groups in total. The van der Waals surface area contributed by atoms with E-state index in [4.69, 9.17) is 5.84 Å². The second-order valence-electron chi connectivity index (χ2n) is 4.58. The Labute approximate surface area is 95.1 Å². The monoisotopic (exact) mass is 225 g/mol. The molecule has 0 radical (unpaired) electrons. The van der Waals surface area contributed by atoms with Crippen LogP contribution in [0.15, 0.2) is 10.9 Å². The number of nitrogens with one attached hydrogen (secondary N) is 1. The molecule has 84 valence electrons. The van der Waals surface area contributed by atoms with Gasteiger partial charge in [0.1, 0.15) is 0 Å². The van der Waals surface area contributed by atoms with Gasteiger partial charge in [0.25, 0.3) is 0 Å². The Morgan fingerprint density at radius 1 is 1.47 bits per heavy atom. The highest BCUT2D eigenvalue weighted by molar-refractivity contribution is 7.07. The molecule has 1 atom stereocenters. The minimum Gasteiger partial charge on any atom is -0.271 e. The van der Waals surface area contributed by atoms with Gasteiger partial charge in [-0.3, -0.25) is 11.3 Å². The standard InChI is InChI=1S/C11H19N3S/c1-8-2-4-9(5-3-8)11(14-12)10-6-15-7-13-10/h6-9,11,14H,2-5,12H2,1H3. The molecule has 1 unspecified atom stereocenters. The summed E-state index contributed by atoms with van der Waals surface area (Å²) in [6, 6.07) is 0.253. The van der Waals surface area contributed by atoms with E-state index in [1.165, 1.54) is 25.7 Å². The summed E-state index contributed by atoms with van der Waals surface area (Å²) in [5.74, 6) is 7.19. The van der Waals surface area contributed by atoms with E-state index in [1.807, 2.05) is 5.51 Å². The van der Waals surface area contributed by atoms with E-state index in [-0.39, 0.29) is 6.04 Å². The van der Waals surface area contributed by atoms with Gasteiger partial charge in [0, 0.05) is 5.38 Å². The normalized spacial score (nSPS) is 28.9. The molecule has 1 fully saturated rings. The summed E-state index contributed by atoms with van der Waals surface area (Å²) in [4.78, 5) is 4.36. The highest BCUT2D eigenvalue weighted by Crippen LogP contribution is 2.36. The van der Waals surface area contributed by atoms with Crippen molar-refractivity contribution < 1.29 is 0 Å². The second kappa shape index (κ2) is 5.05. The third-order valence-electron chi connectivity index (χ3n) is 3.48. The molecule has 0 amide bonds. The Morgan fingerprint density at radius 2 is 2.20 bits per heavy atom. The van der Waals surface area contributed by atoms with E-state index in [9.17, 15) is 0 Å². The van der Waals surface area contributed by atoms with Crippen LogP contribution in [0, 0.1) is 11.8 Å². The summed E-state index contributed by atoms with van der Waals surface area (Å²) in [5.41, 5.74) is 5.93. The van der Waals surface area contributed by atoms with Gasteiger partial charge in [-0.05, 0) is 24.7 Å². The van der Waals surface area contributed by atoms with Crippen LogP contribution < -0.4 is 11.3 Å². The Hall–Kier alpha value is -0.450. The summed E-state index contributed by atoms with van der Waals surface area (Å²) < 4.78 is 0. The SMILES string of the molecule is CC1CCC(C(NN)c2cscn2)CC1. The molecule has 1 heterocycles. The summed E-state index contributed by atoms with van der Waals surface area (Å²) in [6.45, 7) is 2.34. The number of hydrazine groups is 1. The zero-order valence-corrected chi connectivity index (χ0v) is 9.96. The van der Waals surface area contributed by atoms with Crippen molar-refractivity contribution in [3.8, 4) is 0 Å². The zero-order chi connectivity index (χ0) is 10.7. The fraction of sp³-hybridized carbons (Fsp3) is 0.727. The summed E-state index contributed by atoms with van der Waals surface area (Å²) in [6.07, 6.45) is 5.20. The van der Waals surface area contributed by atoms with Crippen molar-refractivity contribution in [3.63, 3.8) is 0 Å². The van der Waals surface area contributed by atoms with Crippen molar-refractivity contribution in [2.24, 2.45) is 17.7 Å². The van der Waals surface area contributed by atoms with Crippen molar-refractivity contribution in [2.75, 3.05) is 0 Å². The van der Waals surface area contributed by atoms with E-state index in [1.54, 1.807) is 11.3 Å². The Morgan fingerprint density at radius 3 is 2.73 bits per heavy atom. The molecule has 2 rings (SSSR count). The summed E-state index contributed by atoms with van der Waals surface area (Å²) in [5, 5.41) is 2.10. The molecular formula is C11H19N3S. The lowest BCUT2D eigenvalue weighted by Crippen LogP contribution is -2.35. The maximum atomic E-state index is 5.64. The number of nitrogens with zero attached hydrogens (tertiary/aromatic N) is 1. The highest BCUT2D eigenvalue weighted by Gasteiger charge is 2.27. The molecular weight excluding hydrogens is 206 g/mol. The zero-order valence-electron chi connectivity index (χ0n) is 9.15. The van der Waals surface area contributed by atoms with Crippen LogP contribution >= 0.6 is 11.3 Å². The van der Waals surface area contributed by atoms with Gasteiger partial charge in [0.15, 0.2) is 0 Å². The van der Waals surface area contributed by atoms with Gasteiger partial charge in [0.05, 0.1) is 17.2 Å². The van der Waals surface area contributed by atoms with Crippen molar-refractivity contribution in [2.45, 2.75) is 38.6 Å². The van der Waals surface area contributed by atoms with Crippen molar-refractivity contribution >= 4 is 11.3 Å². The van der Waals surface area contributed by atoms with Crippen molar-refractivity contribution in [1.29, 1.82) is 0 Å². The second-order valence-corrected chi connectivity index (χ2v) is 5.30. The minimum atomic E-state index is 0.253. The van der Waals surface area contributed by atoms with Gasteiger partial charge in [-0.1, -0.05) is 19.8 Å². The van der Waals surface area contributed by atoms with E-state index in [0.29, 0.717) is 5.92 Å². The van der Waals surface area contributed by atoms with Crippen molar-refractivity contribution in [1.82, 2.24) is 10.4 Å². The van der Waals surface area contributed by atoms with Gasteiger partial charge >= 0.3 is 0 Å². The lowest BCUT2D eigenvalue weighted by molar-refractivity contribution is 0.230. The highest BCUT2D eigenvalue weighted by atomic mass is 32.1. The molecule has 0 aliphatic heterocycles. The van der Waals surface area contributed by atoms with E-state index in [0.717, 1.165) is 11.6 Å². The van der Waals surface area contributed by atoms with Gasteiger partial charge in [-0.2, -0.15) is 0 Å². The molecule has 0 spiro atoms. The quantitative estimate of drug-likeness (QED) is 0.614. The van der Waals surface area contributed by atoms with E-state index < -0.39 is 0 Å². The third-order valence-corrected chi connectivity index (χ3v) is 4.09. The molecule has 1 aromatic heterocycles. The topological polar surface area (TPSA) is 50.9 Å². The average molecular weight is 225 g/mol. The van der Waals surface area contributed by atoms with E-state index in [2.05, 4.69) is 22.7 Å². The number of hydrogen-bond donors (Lipinski definition) is 2. The molecule has 1 aromatic rings. The maximum Gasteiger partial charge on any atom is 0.0795 e. The molecule has 4 heteroatoms. The van der Waals surface area contributed by atoms with Crippen LogP contribution in [0.3, 0.4) is 0 Å². The Balaban J connectivity index is 2.01. The summed E-state index contributed by atoms with van der Waals surface area (Å²) in [7, 11) is 0. The lowest BCUT2D eigenvalue weighted by Gasteiger charge is -2.31. The predicted molar refractivity (Wildman–Crippen MR) is 63.3 cm³/mol. The fourth-order valence-corrected chi connectivity index (χ4v) is 3.05. The first-order valence-corrected chi connectivity index (χ1v) is 6.59. The Kier molecular flexibility index (Phi) is 3.72. The fourth-order valence-electron chi connectivity index (χ4n) is 2.46. The molecule has 1 saturated carbocycles. The minimum absolute atomic E-state index is 0.253. The van der Waals surface area contributed by atoms with Crippen LogP contribution in [0.25, 0.3) is 0 Å². The van der Waals surface area contributed by atoms with Gasteiger partial charge < -0.3 is 0 Å². The van der Waals surface area contributed by atoms with Crippen molar-refractivity contribution in [3.05, 3.63) is 16.6 Å². The number of rotatable bonds is 3. The lowest BCUT2D eigenvalue weighted by atomic mass is 9.79. The van der Waals surface area contributed by atoms with E-state index >= 15 is 0 Å². The number of hydrogen-bond acceptors (Lipinski definition) is 4.